The molecule has 10 heteroatoms. The number of carbonyl (C=O) groups is 1. The van der Waals surface area contributed by atoms with Gasteiger partial charge in [-0.2, -0.15) is 0 Å². The summed E-state index contributed by atoms with van der Waals surface area (Å²) in [7, 11) is -1.26. The van der Waals surface area contributed by atoms with Crippen molar-refractivity contribution in [3.63, 3.8) is 0 Å². The summed E-state index contributed by atoms with van der Waals surface area (Å²) in [6.45, 7) is 1.88. The lowest BCUT2D eigenvalue weighted by Crippen LogP contribution is -2.38. The monoisotopic (exact) mass is 548 g/mol. The van der Waals surface area contributed by atoms with E-state index < -0.39 is 22.5 Å². The second kappa shape index (κ2) is 11.3. The van der Waals surface area contributed by atoms with Gasteiger partial charge in [0.15, 0.2) is 11.5 Å². The van der Waals surface area contributed by atoms with Crippen LogP contribution >= 0.6 is 15.9 Å². The Labute approximate surface area is 207 Å². The van der Waals surface area contributed by atoms with Crippen molar-refractivity contribution in [3.05, 3.63) is 71.2 Å². The van der Waals surface area contributed by atoms with Crippen LogP contribution in [0.4, 0.5) is 11.4 Å². The van der Waals surface area contributed by atoms with Crippen molar-refractivity contribution in [2.75, 3.05) is 37.0 Å². The van der Waals surface area contributed by atoms with Gasteiger partial charge in [-0.1, -0.05) is 22.0 Å². The minimum absolute atomic E-state index is 0.0470. The number of amides is 1. The van der Waals surface area contributed by atoms with Crippen LogP contribution in [0.1, 0.15) is 6.92 Å². The van der Waals surface area contributed by atoms with E-state index in [1.54, 1.807) is 42.5 Å². The van der Waals surface area contributed by atoms with Gasteiger partial charge in [0.05, 0.1) is 31.4 Å². The number of anilines is 2. The fourth-order valence-electron chi connectivity index (χ4n) is 3.19. The highest BCUT2D eigenvalue weighted by molar-refractivity contribution is 9.10. The van der Waals surface area contributed by atoms with Crippen LogP contribution < -0.4 is 23.8 Å². The number of halogens is 1. The molecular formula is C24H25BrN2O6S. The highest BCUT2D eigenvalue weighted by Gasteiger charge is 2.28. The first-order chi connectivity index (χ1) is 16.3. The molecule has 0 saturated heterocycles. The molecule has 3 aromatic carbocycles. The van der Waals surface area contributed by atoms with Crippen LogP contribution in [-0.2, 0) is 14.8 Å². The fraction of sp³-hybridized carbons (Fsp3) is 0.208. The number of benzene rings is 3. The first kappa shape index (κ1) is 25.4. The van der Waals surface area contributed by atoms with Crippen molar-refractivity contribution in [1.82, 2.24) is 0 Å². The van der Waals surface area contributed by atoms with Crippen molar-refractivity contribution in [2.24, 2.45) is 0 Å². The molecule has 0 aliphatic heterocycles. The predicted octanol–water partition coefficient (Wildman–Crippen LogP) is 4.70. The number of carbonyl (C=O) groups excluding carboxylic acids is 1. The Morgan fingerprint density at radius 1 is 0.971 bits per heavy atom. The molecule has 3 rings (SSSR count). The first-order valence-corrected chi connectivity index (χ1v) is 12.5. The third kappa shape index (κ3) is 6.00. The number of sulfonamides is 1. The molecular weight excluding hydrogens is 524 g/mol. The number of methoxy groups -OCH3 is 2. The maximum absolute atomic E-state index is 13.7. The van der Waals surface area contributed by atoms with Gasteiger partial charge in [0.2, 0.25) is 5.91 Å². The van der Waals surface area contributed by atoms with Crippen molar-refractivity contribution in [2.45, 2.75) is 11.8 Å². The Balaban J connectivity index is 1.99. The molecule has 0 fully saturated rings. The summed E-state index contributed by atoms with van der Waals surface area (Å²) in [6.07, 6.45) is 0. The van der Waals surface area contributed by atoms with Crippen LogP contribution in [0.2, 0.25) is 0 Å². The highest BCUT2D eigenvalue weighted by atomic mass is 79.9. The SMILES string of the molecule is CCOc1ccc(N(CC(=O)Nc2cccc(Br)c2)S(=O)(=O)c2ccc(OC)c(OC)c2)cc1. The second-order valence-corrected chi connectivity index (χ2v) is 9.79. The van der Waals surface area contributed by atoms with E-state index in [1.807, 2.05) is 13.0 Å². The van der Waals surface area contributed by atoms with Gasteiger partial charge < -0.3 is 19.5 Å². The zero-order chi connectivity index (χ0) is 24.7. The molecule has 0 aliphatic rings. The summed E-state index contributed by atoms with van der Waals surface area (Å²) in [4.78, 5) is 12.8. The number of nitrogens with zero attached hydrogens (tertiary/aromatic N) is 1. The number of rotatable bonds is 10. The molecule has 0 unspecified atom stereocenters. The number of ether oxygens (including phenoxy) is 3. The van der Waals surface area contributed by atoms with Gasteiger partial charge in [-0.25, -0.2) is 8.42 Å². The Morgan fingerprint density at radius 2 is 1.68 bits per heavy atom. The van der Waals surface area contributed by atoms with Crippen LogP contribution in [0.5, 0.6) is 17.2 Å². The third-order valence-corrected chi connectivity index (χ3v) is 7.04. The first-order valence-electron chi connectivity index (χ1n) is 10.3. The minimum atomic E-state index is -4.15. The van der Waals surface area contributed by atoms with Crippen molar-refractivity contribution >= 4 is 43.2 Å². The highest BCUT2D eigenvalue weighted by Crippen LogP contribution is 2.32. The molecule has 0 aliphatic carbocycles. The molecule has 0 spiro atoms. The molecule has 34 heavy (non-hydrogen) atoms. The topological polar surface area (TPSA) is 94.2 Å². The van der Waals surface area contributed by atoms with E-state index in [0.717, 1.165) is 8.78 Å². The van der Waals surface area contributed by atoms with E-state index in [0.29, 0.717) is 29.5 Å². The fourth-order valence-corrected chi connectivity index (χ4v) is 5.03. The van der Waals surface area contributed by atoms with Gasteiger partial charge >= 0.3 is 0 Å². The Bertz CT molecular complexity index is 1250. The smallest absolute Gasteiger partial charge is 0.264 e. The second-order valence-electron chi connectivity index (χ2n) is 7.01. The van der Waals surface area contributed by atoms with Crippen LogP contribution in [0.15, 0.2) is 76.1 Å². The molecule has 0 heterocycles. The van der Waals surface area contributed by atoms with Gasteiger partial charge in [-0.15, -0.1) is 0 Å². The summed E-state index contributed by atoms with van der Waals surface area (Å²) in [5.74, 6) is 0.736. The maximum Gasteiger partial charge on any atom is 0.264 e. The summed E-state index contributed by atoms with van der Waals surface area (Å²) in [5.41, 5.74) is 0.845. The zero-order valence-electron chi connectivity index (χ0n) is 18.9. The van der Waals surface area contributed by atoms with E-state index in [2.05, 4.69) is 21.2 Å². The number of hydrogen-bond donors (Lipinski definition) is 1. The molecule has 0 radical (unpaired) electrons. The predicted molar refractivity (Wildman–Crippen MR) is 134 cm³/mol. The Kier molecular flexibility index (Phi) is 8.41. The third-order valence-electron chi connectivity index (χ3n) is 4.77. The van der Waals surface area contributed by atoms with Crippen LogP contribution in [0, 0.1) is 0 Å². The Morgan fingerprint density at radius 3 is 2.29 bits per heavy atom. The molecule has 8 nitrogen and oxygen atoms in total. The molecule has 0 saturated carbocycles. The van der Waals surface area contributed by atoms with Gasteiger partial charge in [0.25, 0.3) is 10.0 Å². The molecule has 0 atom stereocenters. The van der Waals surface area contributed by atoms with Gasteiger partial charge in [0, 0.05) is 16.2 Å². The average Bonchev–Trinajstić information content (AvgIpc) is 2.82. The molecule has 0 aromatic heterocycles. The lowest BCUT2D eigenvalue weighted by Gasteiger charge is -2.25. The molecule has 180 valence electrons. The molecule has 1 N–H and O–H groups in total. The van der Waals surface area contributed by atoms with E-state index >= 15 is 0 Å². The average molecular weight is 549 g/mol. The van der Waals surface area contributed by atoms with E-state index in [-0.39, 0.29) is 10.6 Å². The van der Waals surface area contributed by atoms with Crippen molar-refractivity contribution < 1.29 is 27.4 Å². The number of hydrogen-bond acceptors (Lipinski definition) is 6. The maximum atomic E-state index is 13.7. The van der Waals surface area contributed by atoms with Crippen LogP contribution in [0.3, 0.4) is 0 Å². The lowest BCUT2D eigenvalue weighted by atomic mass is 10.3. The quantitative estimate of drug-likeness (QED) is 0.394. The summed E-state index contributed by atoms with van der Waals surface area (Å²) in [5, 5.41) is 2.73. The zero-order valence-corrected chi connectivity index (χ0v) is 21.4. The van der Waals surface area contributed by atoms with Gasteiger partial charge in [0.1, 0.15) is 12.3 Å². The summed E-state index contributed by atoms with van der Waals surface area (Å²) >= 11 is 3.36. The van der Waals surface area contributed by atoms with Gasteiger partial charge in [-0.3, -0.25) is 9.10 Å². The lowest BCUT2D eigenvalue weighted by molar-refractivity contribution is -0.114. The normalized spacial score (nSPS) is 10.9. The van der Waals surface area contributed by atoms with Crippen molar-refractivity contribution in [1.29, 1.82) is 0 Å². The number of nitrogens with one attached hydrogen (secondary N) is 1. The van der Waals surface area contributed by atoms with Crippen molar-refractivity contribution in [3.8, 4) is 17.2 Å². The Hall–Kier alpha value is -3.24. The van der Waals surface area contributed by atoms with Crippen LogP contribution in [-0.4, -0.2) is 41.7 Å². The van der Waals surface area contributed by atoms with Crippen LogP contribution in [0.25, 0.3) is 0 Å². The summed E-state index contributed by atoms with van der Waals surface area (Å²) < 4.78 is 45.1. The van der Waals surface area contributed by atoms with E-state index in [1.165, 1.54) is 32.4 Å². The summed E-state index contributed by atoms with van der Waals surface area (Å²) in [6, 6.07) is 17.8. The van der Waals surface area contributed by atoms with E-state index in [4.69, 9.17) is 14.2 Å². The molecule has 3 aromatic rings. The van der Waals surface area contributed by atoms with Gasteiger partial charge in [-0.05, 0) is 61.5 Å². The molecule has 1 amide bonds. The standard InChI is InChI=1S/C24H25BrN2O6S/c1-4-33-20-10-8-19(9-11-20)27(16-24(28)26-18-7-5-6-17(25)14-18)34(29,30)21-12-13-22(31-2)23(15-21)32-3/h5-15H,4,16H2,1-3H3,(H,26,28). The largest absolute Gasteiger partial charge is 0.494 e. The molecule has 0 bridgehead atoms. The van der Waals surface area contributed by atoms with E-state index in [9.17, 15) is 13.2 Å². The minimum Gasteiger partial charge on any atom is -0.494 e.